The highest BCUT2D eigenvalue weighted by molar-refractivity contribution is 5.93. The Morgan fingerprint density at radius 1 is 1.33 bits per heavy atom. The largest absolute Gasteiger partial charge is 0.461 e. The zero-order chi connectivity index (χ0) is 17.1. The van der Waals surface area contributed by atoms with Crippen LogP contribution >= 0.6 is 0 Å². The van der Waals surface area contributed by atoms with Crippen LogP contribution in [0.2, 0.25) is 0 Å². The summed E-state index contributed by atoms with van der Waals surface area (Å²) in [5.41, 5.74) is 6.48. The van der Waals surface area contributed by atoms with Crippen LogP contribution in [0.1, 0.15) is 46.7 Å². The van der Waals surface area contributed by atoms with Gasteiger partial charge in [-0.15, -0.1) is 0 Å². The summed E-state index contributed by atoms with van der Waals surface area (Å²) in [6.45, 7) is 2.52. The summed E-state index contributed by atoms with van der Waals surface area (Å²) in [5, 5.41) is 2.76. The number of rotatable bonds is 6. The molecule has 1 aliphatic carbocycles. The lowest BCUT2D eigenvalue weighted by molar-refractivity contribution is -0.116. The van der Waals surface area contributed by atoms with Crippen molar-refractivity contribution in [3.63, 3.8) is 0 Å². The van der Waals surface area contributed by atoms with Crippen LogP contribution in [0.3, 0.4) is 0 Å². The molecule has 2 unspecified atom stereocenters. The first-order valence-electron chi connectivity index (χ1n) is 7.97. The van der Waals surface area contributed by atoms with Gasteiger partial charge in [0, 0.05) is 24.1 Å². The number of carbonyl (C=O) groups is 2. The summed E-state index contributed by atoms with van der Waals surface area (Å²) in [6.07, 6.45) is 4.27. The van der Waals surface area contributed by atoms with Crippen LogP contribution in [0, 0.1) is 5.92 Å². The number of hydrogen-bond donors (Lipinski definition) is 2. The van der Waals surface area contributed by atoms with E-state index in [0.717, 1.165) is 11.3 Å². The average Bonchev–Trinajstić information content (AvgIpc) is 3.11. The van der Waals surface area contributed by atoms with Gasteiger partial charge in [0.2, 0.25) is 11.8 Å². The zero-order valence-electron chi connectivity index (χ0n) is 13.5. The van der Waals surface area contributed by atoms with E-state index >= 15 is 0 Å². The van der Waals surface area contributed by atoms with Crippen LogP contribution < -0.4 is 11.1 Å². The van der Waals surface area contributed by atoms with Gasteiger partial charge in [0.1, 0.15) is 11.5 Å². The Morgan fingerprint density at radius 2 is 2.12 bits per heavy atom. The van der Waals surface area contributed by atoms with E-state index in [9.17, 15) is 9.59 Å². The molecule has 0 aliphatic heterocycles. The summed E-state index contributed by atoms with van der Waals surface area (Å²) in [4.78, 5) is 23.0. The molecular weight excluding hydrogens is 304 g/mol. The summed E-state index contributed by atoms with van der Waals surface area (Å²) in [5.74, 6) is 2.17. The average molecular weight is 324 g/mol. The van der Waals surface area contributed by atoms with Gasteiger partial charge >= 0.3 is 0 Å². The molecule has 0 radical (unpaired) electrons. The molecule has 0 saturated heterocycles. The zero-order valence-corrected chi connectivity index (χ0v) is 13.5. The van der Waals surface area contributed by atoms with Gasteiger partial charge in [0.15, 0.2) is 0 Å². The molecule has 1 heterocycles. The second-order valence-electron chi connectivity index (χ2n) is 6.18. The van der Waals surface area contributed by atoms with Crippen LogP contribution in [0.25, 0.3) is 6.08 Å². The number of amides is 2. The summed E-state index contributed by atoms with van der Waals surface area (Å²) >= 11 is 0. The Hall–Kier alpha value is -2.82. The normalized spacial score (nSPS) is 19.4. The Morgan fingerprint density at radius 3 is 2.83 bits per heavy atom. The van der Waals surface area contributed by atoms with E-state index in [-0.39, 0.29) is 5.91 Å². The summed E-state index contributed by atoms with van der Waals surface area (Å²) in [7, 11) is 0. The molecule has 5 heteroatoms. The molecule has 1 aromatic heterocycles. The molecule has 1 saturated carbocycles. The van der Waals surface area contributed by atoms with Crippen molar-refractivity contribution < 1.29 is 14.0 Å². The third-order valence-corrected chi connectivity index (χ3v) is 4.20. The topological polar surface area (TPSA) is 85.3 Å². The molecule has 124 valence electrons. The molecule has 1 fully saturated rings. The number of furan rings is 1. The van der Waals surface area contributed by atoms with Crippen LogP contribution in [-0.4, -0.2) is 11.8 Å². The van der Waals surface area contributed by atoms with E-state index in [4.69, 9.17) is 10.2 Å². The molecular formula is C19H20N2O3. The first-order chi connectivity index (χ1) is 11.5. The lowest BCUT2D eigenvalue weighted by Gasteiger charge is -2.04. The fourth-order valence-corrected chi connectivity index (χ4v) is 2.62. The van der Waals surface area contributed by atoms with Gasteiger partial charge in [-0.3, -0.25) is 9.59 Å². The van der Waals surface area contributed by atoms with Crippen molar-refractivity contribution in [3.05, 3.63) is 65.1 Å². The molecule has 2 aromatic rings. The Bertz CT molecular complexity index is 791. The standard InChI is InChI=1S/C19H20N2O3/c1-12-9-16(12)17-7-5-15(24-17)6-8-18(22)21-11-13-3-2-4-14(10-13)19(20)23/h2-8,10,12,16H,9,11H2,1H3,(H2,20,23)(H,21,22)/b8-6+. The third kappa shape index (κ3) is 3.93. The summed E-state index contributed by atoms with van der Waals surface area (Å²) < 4.78 is 5.72. The number of primary amides is 1. The van der Waals surface area contributed by atoms with Gasteiger partial charge in [0.05, 0.1) is 0 Å². The quantitative estimate of drug-likeness (QED) is 0.801. The highest BCUT2D eigenvalue weighted by atomic mass is 16.3. The van der Waals surface area contributed by atoms with Crippen LogP contribution in [0.5, 0.6) is 0 Å². The number of nitrogens with one attached hydrogen (secondary N) is 1. The SMILES string of the molecule is CC1CC1c1ccc(/C=C/C(=O)NCc2cccc(C(N)=O)c2)o1. The Labute approximate surface area is 140 Å². The smallest absolute Gasteiger partial charge is 0.248 e. The van der Waals surface area contributed by atoms with Crippen molar-refractivity contribution >= 4 is 17.9 Å². The molecule has 3 N–H and O–H groups in total. The van der Waals surface area contributed by atoms with Gasteiger partial charge in [-0.05, 0) is 48.2 Å². The highest BCUT2D eigenvalue weighted by Crippen LogP contribution is 2.47. The van der Waals surface area contributed by atoms with E-state index in [0.29, 0.717) is 29.7 Å². The first-order valence-corrected chi connectivity index (χ1v) is 7.97. The molecule has 2 amide bonds. The van der Waals surface area contributed by atoms with E-state index in [1.54, 1.807) is 24.3 Å². The number of benzene rings is 1. The molecule has 3 rings (SSSR count). The van der Waals surface area contributed by atoms with Crippen molar-refractivity contribution in [2.45, 2.75) is 25.8 Å². The third-order valence-electron chi connectivity index (χ3n) is 4.20. The van der Waals surface area contributed by atoms with Crippen LogP contribution in [0.4, 0.5) is 0 Å². The van der Waals surface area contributed by atoms with Crippen molar-refractivity contribution in [2.75, 3.05) is 0 Å². The molecule has 24 heavy (non-hydrogen) atoms. The second-order valence-corrected chi connectivity index (χ2v) is 6.18. The van der Waals surface area contributed by atoms with Crippen molar-refractivity contribution in [2.24, 2.45) is 11.7 Å². The lowest BCUT2D eigenvalue weighted by Crippen LogP contribution is -2.20. The van der Waals surface area contributed by atoms with E-state index in [1.165, 1.54) is 12.5 Å². The molecule has 5 nitrogen and oxygen atoms in total. The number of hydrogen-bond acceptors (Lipinski definition) is 3. The van der Waals surface area contributed by atoms with Crippen molar-refractivity contribution in [1.82, 2.24) is 5.32 Å². The number of nitrogens with two attached hydrogens (primary N) is 1. The van der Waals surface area contributed by atoms with E-state index in [1.807, 2.05) is 18.2 Å². The van der Waals surface area contributed by atoms with Crippen LogP contribution in [-0.2, 0) is 11.3 Å². The van der Waals surface area contributed by atoms with E-state index in [2.05, 4.69) is 12.2 Å². The summed E-state index contributed by atoms with van der Waals surface area (Å²) in [6, 6.07) is 10.7. The van der Waals surface area contributed by atoms with Gasteiger partial charge in [-0.25, -0.2) is 0 Å². The van der Waals surface area contributed by atoms with E-state index < -0.39 is 5.91 Å². The highest BCUT2D eigenvalue weighted by Gasteiger charge is 2.36. The van der Waals surface area contributed by atoms with Gasteiger partial charge in [0.25, 0.3) is 0 Å². The molecule has 1 aromatic carbocycles. The Balaban J connectivity index is 1.53. The molecule has 0 bridgehead atoms. The fourth-order valence-electron chi connectivity index (χ4n) is 2.62. The van der Waals surface area contributed by atoms with Crippen LogP contribution in [0.15, 0.2) is 46.9 Å². The predicted octanol–water partition coefficient (Wildman–Crippen LogP) is 2.83. The minimum atomic E-state index is -0.485. The van der Waals surface area contributed by atoms with Crippen molar-refractivity contribution in [3.8, 4) is 0 Å². The Kier molecular flexibility index (Phi) is 4.51. The minimum Gasteiger partial charge on any atom is -0.461 e. The fraction of sp³-hybridized carbons (Fsp3) is 0.263. The predicted molar refractivity (Wildman–Crippen MR) is 91.1 cm³/mol. The maximum atomic E-state index is 11.9. The van der Waals surface area contributed by atoms with Gasteiger partial charge in [-0.1, -0.05) is 19.1 Å². The van der Waals surface area contributed by atoms with Gasteiger partial charge < -0.3 is 15.5 Å². The lowest BCUT2D eigenvalue weighted by atomic mass is 10.1. The van der Waals surface area contributed by atoms with Crippen molar-refractivity contribution in [1.29, 1.82) is 0 Å². The molecule has 1 aliphatic rings. The first kappa shape index (κ1) is 16.1. The molecule has 0 spiro atoms. The number of carbonyl (C=O) groups excluding carboxylic acids is 2. The van der Waals surface area contributed by atoms with Gasteiger partial charge in [-0.2, -0.15) is 0 Å². The maximum absolute atomic E-state index is 11.9. The monoisotopic (exact) mass is 324 g/mol. The minimum absolute atomic E-state index is 0.225. The maximum Gasteiger partial charge on any atom is 0.248 e. The second kappa shape index (κ2) is 6.74. The molecule has 2 atom stereocenters.